The highest BCUT2D eigenvalue weighted by Gasteiger charge is 2.37. The van der Waals surface area contributed by atoms with Crippen LogP contribution >= 0.6 is 0 Å². The average molecular weight is 258 g/mol. The van der Waals surface area contributed by atoms with Crippen molar-refractivity contribution in [2.45, 2.75) is 19.3 Å². The lowest BCUT2D eigenvalue weighted by Crippen LogP contribution is -2.23. The normalized spacial score (nSPS) is 26.1. The fraction of sp³-hybridized carbons (Fsp3) is 0.538. The van der Waals surface area contributed by atoms with Gasteiger partial charge < -0.3 is 14.7 Å². The Balaban J connectivity index is 1.75. The molecule has 100 valence electrons. The molecular formula is C13H18N6. The molecule has 6 heteroatoms. The molecule has 0 spiro atoms. The molecule has 3 N–H and O–H groups in total. The number of imidazole rings is 1. The third kappa shape index (κ3) is 1.67. The number of fused-ring (bicyclic) bond motifs is 2. The summed E-state index contributed by atoms with van der Waals surface area (Å²) in [5.41, 5.74) is 3.55. The first-order valence-corrected chi connectivity index (χ1v) is 6.90. The molecule has 1 saturated carbocycles. The van der Waals surface area contributed by atoms with Gasteiger partial charge in [-0.05, 0) is 24.7 Å². The minimum atomic E-state index is 0.678. The molecule has 2 aromatic rings. The number of aromatic nitrogens is 3. The first-order chi connectivity index (χ1) is 9.35. The number of hydrogen-bond donors (Lipinski definition) is 2. The molecule has 2 aromatic heterocycles. The summed E-state index contributed by atoms with van der Waals surface area (Å²) in [5, 5.41) is 0. The summed E-state index contributed by atoms with van der Waals surface area (Å²) in [5.74, 6) is 8.81. The lowest BCUT2D eigenvalue weighted by Gasteiger charge is -2.19. The fourth-order valence-electron chi connectivity index (χ4n) is 3.60. The first kappa shape index (κ1) is 11.0. The number of anilines is 2. The van der Waals surface area contributed by atoms with Crippen molar-refractivity contribution in [1.82, 2.24) is 14.4 Å². The maximum Gasteiger partial charge on any atom is 0.180 e. The Bertz CT molecular complexity index is 594. The second-order valence-corrected chi connectivity index (χ2v) is 5.61. The number of nitrogen functional groups attached to an aromatic ring is 1. The van der Waals surface area contributed by atoms with Crippen molar-refractivity contribution >= 4 is 17.3 Å². The zero-order valence-corrected chi connectivity index (χ0v) is 10.8. The predicted molar refractivity (Wildman–Crippen MR) is 73.8 cm³/mol. The van der Waals surface area contributed by atoms with E-state index in [0.29, 0.717) is 5.82 Å². The number of hydrogen-bond acceptors (Lipinski definition) is 5. The zero-order chi connectivity index (χ0) is 12.8. The lowest BCUT2D eigenvalue weighted by molar-refractivity contribution is 0.494. The molecule has 2 atom stereocenters. The maximum atomic E-state index is 5.50. The third-order valence-corrected chi connectivity index (χ3v) is 4.53. The second kappa shape index (κ2) is 4.09. The topological polar surface area (TPSA) is 71.5 Å². The standard InChI is InChI=1S/C13H18N6/c14-17-11-8-18-5-4-15-12(18)13(16-11)19-6-9-2-1-3-10(9)7-19/h4-5,8-10,17H,1-3,6-7,14H2. The average Bonchev–Trinajstić information content (AvgIpc) is 3.11. The van der Waals surface area contributed by atoms with Crippen molar-refractivity contribution in [2.75, 3.05) is 23.4 Å². The van der Waals surface area contributed by atoms with Gasteiger partial charge in [0.25, 0.3) is 0 Å². The van der Waals surface area contributed by atoms with E-state index in [1.54, 1.807) is 6.20 Å². The number of nitrogens with two attached hydrogens (primary N) is 1. The minimum absolute atomic E-state index is 0.678. The summed E-state index contributed by atoms with van der Waals surface area (Å²) in [4.78, 5) is 11.4. The Hall–Kier alpha value is -1.82. The molecule has 0 radical (unpaired) electrons. The van der Waals surface area contributed by atoms with E-state index < -0.39 is 0 Å². The van der Waals surface area contributed by atoms with Crippen LogP contribution in [0.4, 0.5) is 11.6 Å². The Morgan fingerprint density at radius 2 is 2.05 bits per heavy atom. The first-order valence-electron chi connectivity index (χ1n) is 6.90. The molecule has 1 aliphatic heterocycles. The maximum absolute atomic E-state index is 5.50. The summed E-state index contributed by atoms with van der Waals surface area (Å²) in [6.07, 6.45) is 9.71. The number of nitrogens with zero attached hydrogens (tertiary/aromatic N) is 4. The van der Waals surface area contributed by atoms with Crippen molar-refractivity contribution in [3.63, 3.8) is 0 Å². The van der Waals surface area contributed by atoms with Crippen molar-refractivity contribution < 1.29 is 0 Å². The van der Waals surface area contributed by atoms with E-state index in [0.717, 1.165) is 36.4 Å². The van der Waals surface area contributed by atoms with E-state index >= 15 is 0 Å². The molecule has 6 nitrogen and oxygen atoms in total. The summed E-state index contributed by atoms with van der Waals surface area (Å²) >= 11 is 0. The van der Waals surface area contributed by atoms with Gasteiger partial charge in [-0.2, -0.15) is 0 Å². The highest BCUT2D eigenvalue weighted by atomic mass is 15.3. The van der Waals surface area contributed by atoms with Gasteiger partial charge in [-0.1, -0.05) is 6.42 Å². The van der Waals surface area contributed by atoms with Gasteiger partial charge in [0, 0.05) is 25.5 Å². The second-order valence-electron chi connectivity index (χ2n) is 5.61. The van der Waals surface area contributed by atoms with Crippen LogP contribution in [0.3, 0.4) is 0 Å². The minimum Gasteiger partial charge on any atom is -0.353 e. The van der Waals surface area contributed by atoms with Crippen molar-refractivity contribution in [1.29, 1.82) is 0 Å². The van der Waals surface area contributed by atoms with Gasteiger partial charge in [-0.3, -0.25) is 0 Å². The van der Waals surface area contributed by atoms with Crippen LogP contribution in [0.5, 0.6) is 0 Å². The molecule has 1 aliphatic carbocycles. The van der Waals surface area contributed by atoms with E-state index in [1.807, 2.05) is 16.8 Å². The quantitative estimate of drug-likeness (QED) is 0.626. The van der Waals surface area contributed by atoms with Crippen LogP contribution in [0.2, 0.25) is 0 Å². The smallest absolute Gasteiger partial charge is 0.180 e. The Morgan fingerprint density at radius 3 is 2.79 bits per heavy atom. The molecule has 4 rings (SSSR count). The van der Waals surface area contributed by atoms with Crippen LogP contribution in [-0.4, -0.2) is 27.5 Å². The van der Waals surface area contributed by atoms with E-state index in [4.69, 9.17) is 5.84 Å². The molecule has 2 unspecified atom stereocenters. The molecule has 2 fully saturated rings. The van der Waals surface area contributed by atoms with E-state index in [2.05, 4.69) is 20.3 Å². The monoisotopic (exact) mass is 258 g/mol. The van der Waals surface area contributed by atoms with Crippen molar-refractivity contribution in [3.8, 4) is 0 Å². The van der Waals surface area contributed by atoms with Crippen LogP contribution < -0.4 is 16.2 Å². The van der Waals surface area contributed by atoms with Gasteiger partial charge in [0.2, 0.25) is 0 Å². The molecule has 19 heavy (non-hydrogen) atoms. The van der Waals surface area contributed by atoms with Crippen molar-refractivity contribution in [3.05, 3.63) is 18.6 Å². The lowest BCUT2D eigenvalue weighted by atomic mass is 10.0. The van der Waals surface area contributed by atoms with Crippen LogP contribution in [0.25, 0.3) is 5.65 Å². The number of rotatable bonds is 2. The van der Waals surface area contributed by atoms with E-state index in [9.17, 15) is 0 Å². The van der Waals surface area contributed by atoms with Gasteiger partial charge in [0.1, 0.15) is 0 Å². The summed E-state index contributed by atoms with van der Waals surface area (Å²) < 4.78 is 1.98. The van der Waals surface area contributed by atoms with Crippen molar-refractivity contribution in [2.24, 2.45) is 17.7 Å². The van der Waals surface area contributed by atoms with Crippen LogP contribution in [0, 0.1) is 11.8 Å². The predicted octanol–water partition coefficient (Wildman–Crippen LogP) is 1.25. The Kier molecular flexibility index (Phi) is 2.38. The molecule has 0 aromatic carbocycles. The molecule has 2 aliphatic rings. The van der Waals surface area contributed by atoms with Gasteiger partial charge in [0.05, 0.1) is 6.20 Å². The third-order valence-electron chi connectivity index (χ3n) is 4.53. The molecule has 3 heterocycles. The van der Waals surface area contributed by atoms with Crippen LogP contribution in [0.1, 0.15) is 19.3 Å². The van der Waals surface area contributed by atoms with Crippen LogP contribution in [0.15, 0.2) is 18.6 Å². The molecular weight excluding hydrogens is 240 g/mol. The largest absolute Gasteiger partial charge is 0.353 e. The molecule has 0 bridgehead atoms. The van der Waals surface area contributed by atoms with Gasteiger partial charge in [-0.25, -0.2) is 15.8 Å². The van der Waals surface area contributed by atoms with E-state index in [1.165, 1.54) is 19.3 Å². The van der Waals surface area contributed by atoms with Gasteiger partial charge >= 0.3 is 0 Å². The Labute approximate surface area is 111 Å². The summed E-state index contributed by atoms with van der Waals surface area (Å²) in [6.45, 7) is 2.21. The van der Waals surface area contributed by atoms with Gasteiger partial charge in [-0.15, -0.1) is 0 Å². The fourth-order valence-corrected chi connectivity index (χ4v) is 3.60. The van der Waals surface area contributed by atoms with Crippen LogP contribution in [-0.2, 0) is 0 Å². The van der Waals surface area contributed by atoms with E-state index in [-0.39, 0.29) is 0 Å². The highest BCUT2D eigenvalue weighted by Crippen LogP contribution is 2.39. The van der Waals surface area contributed by atoms with Gasteiger partial charge in [0.15, 0.2) is 17.3 Å². The number of hydrazine groups is 1. The SMILES string of the molecule is NNc1cn2ccnc2c(N2CC3CCCC3C2)n1. The summed E-state index contributed by atoms with van der Waals surface area (Å²) in [6, 6.07) is 0. The zero-order valence-electron chi connectivity index (χ0n) is 10.8. The summed E-state index contributed by atoms with van der Waals surface area (Å²) in [7, 11) is 0. The number of nitrogens with one attached hydrogen (secondary N) is 1. The molecule has 1 saturated heterocycles. The Morgan fingerprint density at radius 1 is 1.26 bits per heavy atom. The highest BCUT2D eigenvalue weighted by molar-refractivity contribution is 5.67. The molecule has 0 amide bonds.